The summed E-state index contributed by atoms with van der Waals surface area (Å²) in [6, 6.07) is 8.01. The number of aromatic amines is 1. The third-order valence-electron chi connectivity index (χ3n) is 3.24. The van der Waals surface area contributed by atoms with Crippen LogP contribution >= 0.6 is 0 Å². The van der Waals surface area contributed by atoms with E-state index in [0.29, 0.717) is 0 Å². The average molecular weight is 249 g/mol. The molecule has 3 rings (SSSR count). The largest absolute Gasteiger partial charge is 0.381 e. The summed E-state index contributed by atoms with van der Waals surface area (Å²) in [5, 5.41) is 1.32. The number of para-hydroxylation sites is 1. The molecule has 3 nitrogen and oxygen atoms in total. The lowest BCUT2D eigenvalue weighted by atomic mass is 10.2. The van der Waals surface area contributed by atoms with Gasteiger partial charge < -0.3 is 9.72 Å². The van der Waals surface area contributed by atoms with Crippen LogP contribution in [0.5, 0.6) is 0 Å². The van der Waals surface area contributed by atoms with Crippen molar-refractivity contribution in [3.8, 4) is 0 Å². The lowest BCUT2D eigenvalue weighted by Crippen LogP contribution is -2.24. The van der Waals surface area contributed by atoms with Gasteiger partial charge in [-0.2, -0.15) is 0 Å². The minimum atomic E-state index is -0.925. The second-order valence-corrected chi connectivity index (χ2v) is 6.01. The van der Waals surface area contributed by atoms with E-state index in [9.17, 15) is 4.21 Å². The summed E-state index contributed by atoms with van der Waals surface area (Å²) in [5.41, 5.74) is 1.06. The van der Waals surface area contributed by atoms with E-state index >= 15 is 0 Å². The molecule has 2 heterocycles. The van der Waals surface area contributed by atoms with E-state index in [1.165, 1.54) is 0 Å². The van der Waals surface area contributed by atoms with Gasteiger partial charge in [0.25, 0.3) is 0 Å². The van der Waals surface area contributed by atoms with E-state index in [1.54, 1.807) is 0 Å². The van der Waals surface area contributed by atoms with Gasteiger partial charge in [-0.3, -0.25) is 4.21 Å². The average Bonchev–Trinajstić information content (AvgIpc) is 2.83. The van der Waals surface area contributed by atoms with Gasteiger partial charge in [0.05, 0.1) is 15.7 Å². The molecule has 1 unspecified atom stereocenters. The van der Waals surface area contributed by atoms with Crippen LogP contribution in [0.2, 0.25) is 0 Å². The zero-order valence-electron chi connectivity index (χ0n) is 9.52. The highest BCUT2D eigenvalue weighted by Crippen LogP contribution is 2.26. The first-order chi connectivity index (χ1) is 8.36. The van der Waals surface area contributed by atoms with Crippen molar-refractivity contribution in [2.45, 2.75) is 23.0 Å². The minimum Gasteiger partial charge on any atom is -0.381 e. The number of rotatable bonds is 2. The molecule has 4 heteroatoms. The van der Waals surface area contributed by atoms with Crippen molar-refractivity contribution in [2.24, 2.45) is 0 Å². The Morgan fingerprint density at radius 1 is 1.24 bits per heavy atom. The summed E-state index contributed by atoms with van der Waals surface area (Å²) < 4.78 is 17.8. The third-order valence-corrected chi connectivity index (χ3v) is 5.09. The molecule has 90 valence electrons. The molecular weight excluding hydrogens is 234 g/mol. The van der Waals surface area contributed by atoms with Crippen molar-refractivity contribution in [2.75, 3.05) is 13.2 Å². The number of benzene rings is 1. The maximum Gasteiger partial charge on any atom is 0.0644 e. The molecule has 0 radical (unpaired) electrons. The molecule has 0 spiro atoms. The van der Waals surface area contributed by atoms with E-state index in [1.807, 2.05) is 30.5 Å². The van der Waals surface area contributed by atoms with Gasteiger partial charge in [-0.1, -0.05) is 18.2 Å². The predicted octanol–water partition coefficient (Wildman–Crippen LogP) is 2.45. The summed E-state index contributed by atoms with van der Waals surface area (Å²) in [4.78, 5) is 4.12. The van der Waals surface area contributed by atoms with Crippen molar-refractivity contribution in [3.05, 3.63) is 30.5 Å². The van der Waals surface area contributed by atoms with E-state index < -0.39 is 10.8 Å². The fraction of sp³-hybridized carbons (Fsp3) is 0.385. The van der Waals surface area contributed by atoms with Crippen molar-refractivity contribution >= 4 is 21.7 Å². The first-order valence-corrected chi connectivity index (χ1v) is 7.12. The van der Waals surface area contributed by atoms with Crippen molar-refractivity contribution < 1.29 is 8.95 Å². The van der Waals surface area contributed by atoms with E-state index in [2.05, 4.69) is 4.98 Å². The number of H-pyrrole nitrogens is 1. The summed E-state index contributed by atoms with van der Waals surface area (Å²) in [7, 11) is -0.925. The number of nitrogens with one attached hydrogen (secondary N) is 1. The zero-order valence-corrected chi connectivity index (χ0v) is 10.3. The number of ether oxygens (including phenoxy) is 1. The normalized spacial score (nSPS) is 19.5. The molecule has 17 heavy (non-hydrogen) atoms. The molecule has 1 aliphatic rings. The van der Waals surface area contributed by atoms with E-state index in [0.717, 1.165) is 41.9 Å². The van der Waals surface area contributed by atoms with Crippen LogP contribution in [-0.2, 0) is 15.5 Å². The number of hydrogen-bond acceptors (Lipinski definition) is 2. The van der Waals surface area contributed by atoms with Crippen LogP contribution in [0.4, 0.5) is 0 Å². The fourth-order valence-corrected chi connectivity index (χ4v) is 3.83. The maximum atomic E-state index is 12.5. The Balaban J connectivity index is 1.95. The van der Waals surface area contributed by atoms with Crippen LogP contribution in [-0.4, -0.2) is 27.7 Å². The monoisotopic (exact) mass is 249 g/mol. The van der Waals surface area contributed by atoms with E-state index in [-0.39, 0.29) is 5.25 Å². The highest BCUT2D eigenvalue weighted by molar-refractivity contribution is 7.86. The summed E-state index contributed by atoms with van der Waals surface area (Å²) in [5.74, 6) is 0. The molecule has 1 fully saturated rings. The quantitative estimate of drug-likeness (QED) is 0.888. The van der Waals surface area contributed by atoms with Crippen molar-refractivity contribution in [3.63, 3.8) is 0 Å². The van der Waals surface area contributed by atoms with Crippen LogP contribution in [0.1, 0.15) is 12.8 Å². The maximum absolute atomic E-state index is 12.5. The fourth-order valence-electron chi connectivity index (χ4n) is 2.28. The standard InChI is InChI=1S/C13H15NO2S/c15-17(10-5-7-16-8-6-10)13-9-14-12-4-2-1-3-11(12)13/h1-4,9-10,14H,5-8H2. The summed E-state index contributed by atoms with van der Waals surface area (Å²) in [6.45, 7) is 1.47. The third kappa shape index (κ3) is 2.03. The smallest absolute Gasteiger partial charge is 0.0644 e. The van der Waals surface area contributed by atoms with Gasteiger partial charge in [-0.25, -0.2) is 0 Å². The van der Waals surface area contributed by atoms with Crippen LogP contribution < -0.4 is 0 Å². The highest BCUT2D eigenvalue weighted by atomic mass is 32.2. The van der Waals surface area contributed by atoms with Crippen LogP contribution in [0.3, 0.4) is 0 Å². The molecule has 0 bridgehead atoms. The molecule has 1 aromatic carbocycles. The van der Waals surface area contributed by atoms with Crippen LogP contribution in [0.15, 0.2) is 35.4 Å². The Hall–Kier alpha value is -1.13. The molecular formula is C13H15NO2S. The van der Waals surface area contributed by atoms with Gasteiger partial charge in [0.1, 0.15) is 0 Å². The molecule has 0 aliphatic carbocycles. The van der Waals surface area contributed by atoms with Gasteiger partial charge >= 0.3 is 0 Å². The number of aromatic nitrogens is 1. The minimum absolute atomic E-state index is 0.239. The lowest BCUT2D eigenvalue weighted by Gasteiger charge is -2.20. The van der Waals surface area contributed by atoms with Gasteiger partial charge in [-0.15, -0.1) is 0 Å². The Morgan fingerprint density at radius 3 is 2.82 bits per heavy atom. The topological polar surface area (TPSA) is 42.1 Å². The van der Waals surface area contributed by atoms with Crippen LogP contribution in [0, 0.1) is 0 Å². The molecule has 2 aromatic rings. The summed E-state index contributed by atoms with van der Waals surface area (Å²) in [6.07, 6.45) is 3.68. The van der Waals surface area contributed by atoms with Crippen LogP contribution in [0.25, 0.3) is 10.9 Å². The van der Waals surface area contributed by atoms with E-state index in [4.69, 9.17) is 4.74 Å². The van der Waals surface area contributed by atoms with Gasteiger partial charge in [0.2, 0.25) is 0 Å². The molecule has 1 saturated heterocycles. The van der Waals surface area contributed by atoms with Crippen molar-refractivity contribution in [1.82, 2.24) is 4.98 Å². The molecule has 1 aromatic heterocycles. The Morgan fingerprint density at radius 2 is 2.00 bits per heavy atom. The Kier molecular flexibility index (Phi) is 2.99. The van der Waals surface area contributed by atoms with Gasteiger partial charge in [0.15, 0.2) is 0 Å². The molecule has 0 amide bonds. The van der Waals surface area contributed by atoms with Gasteiger partial charge in [0, 0.05) is 35.6 Å². The highest BCUT2D eigenvalue weighted by Gasteiger charge is 2.23. The molecule has 1 atom stereocenters. The number of fused-ring (bicyclic) bond motifs is 1. The molecule has 1 N–H and O–H groups in total. The zero-order chi connectivity index (χ0) is 11.7. The Labute approximate surface area is 103 Å². The Bertz CT molecular complexity index is 543. The molecule has 0 saturated carbocycles. The SMILES string of the molecule is O=S(c1c[nH]c2ccccc12)C1CCOCC1. The second kappa shape index (κ2) is 4.63. The molecule has 1 aliphatic heterocycles. The van der Waals surface area contributed by atoms with Gasteiger partial charge in [-0.05, 0) is 18.9 Å². The van der Waals surface area contributed by atoms with Crippen molar-refractivity contribution in [1.29, 1.82) is 0 Å². The first kappa shape index (κ1) is 11.0. The second-order valence-electron chi connectivity index (χ2n) is 4.31. The lowest BCUT2D eigenvalue weighted by molar-refractivity contribution is 0.0992. The predicted molar refractivity (Wildman–Crippen MR) is 68.5 cm³/mol. The summed E-state index contributed by atoms with van der Waals surface area (Å²) >= 11 is 0. The number of hydrogen-bond donors (Lipinski definition) is 1. The first-order valence-electron chi connectivity index (χ1n) is 5.91.